The summed E-state index contributed by atoms with van der Waals surface area (Å²) < 4.78 is 7.53. The Morgan fingerprint density at radius 3 is 2.52 bits per heavy atom. The minimum Gasteiger partial charge on any atom is -0.494 e. The van der Waals surface area contributed by atoms with Crippen LogP contribution in [0.2, 0.25) is 0 Å². The highest BCUT2D eigenvalue weighted by molar-refractivity contribution is 5.40. The number of fused-ring (bicyclic) bond motifs is 1. The summed E-state index contributed by atoms with van der Waals surface area (Å²) in [4.78, 5) is 4.39. The van der Waals surface area contributed by atoms with E-state index in [0.717, 1.165) is 18.1 Å². The summed E-state index contributed by atoms with van der Waals surface area (Å²) >= 11 is 0. The highest BCUT2D eigenvalue weighted by Crippen LogP contribution is 2.37. The summed E-state index contributed by atoms with van der Waals surface area (Å²) in [6.45, 7) is 4.78. The van der Waals surface area contributed by atoms with Crippen LogP contribution in [0.5, 0.6) is 5.75 Å². The Balaban J connectivity index is 1.64. The molecular formula is C20H22N4O. The fourth-order valence-electron chi connectivity index (χ4n) is 3.37. The van der Waals surface area contributed by atoms with Crippen LogP contribution >= 0.6 is 0 Å². The minimum atomic E-state index is 0.177. The standard InChI is InChI=1S/C20H22N4O/c1-3-25-17-10-8-15(9-11-17)18-12-19(16-6-4-14(2)5-7-16)24-20(23-18)21-13-22-24/h4-11,13,18-19H,3,12H2,1-2H3,(H,21,22,23). The molecule has 2 heterocycles. The molecule has 0 saturated carbocycles. The van der Waals surface area contributed by atoms with Gasteiger partial charge in [-0.3, -0.25) is 0 Å². The van der Waals surface area contributed by atoms with Crippen molar-refractivity contribution in [3.8, 4) is 5.75 Å². The van der Waals surface area contributed by atoms with E-state index >= 15 is 0 Å². The van der Waals surface area contributed by atoms with E-state index in [1.54, 1.807) is 6.33 Å². The fraction of sp³-hybridized carbons (Fsp3) is 0.300. The topological polar surface area (TPSA) is 52.0 Å². The normalized spacial score (nSPS) is 19.1. The van der Waals surface area contributed by atoms with Crippen molar-refractivity contribution < 1.29 is 4.74 Å². The van der Waals surface area contributed by atoms with Gasteiger partial charge in [-0.15, -0.1) is 0 Å². The number of aromatic nitrogens is 3. The van der Waals surface area contributed by atoms with E-state index < -0.39 is 0 Å². The molecule has 0 spiro atoms. The first-order valence-electron chi connectivity index (χ1n) is 8.70. The molecular weight excluding hydrogens is 312 g/mol. The highest BCUT2D eigenvalue weighted by atomic mass is 16.5. The third kappa shape index (κ3) is 3.09. The third-order valence-electron chi connectivity index (χ3n) is 4.69. The van der Waals surface area contributed by atoms with E-state index in [1.165, 1.54) is 16.7 Å². The molecule has 3 aromatic rings. The van der Waals surface area contributed by atoms with Crippen LogP contribution in [-0.4, -0.2) is 21.4 Å². The zero-order valence-corrected chi connectivity index (χ0v) is 14.5. The second-order valence-corrected chi connectivity index (χ2v) is 6.39. The van der Waals surface area contributed by atoms with Crippen molar-refractivity contribution in [1.82, 2.24) is 14.8 Å². The van der Waals surface area contributed by atoms with Crippen LogP contribution in [0.3, 0.4) is 0 Å². The number of benzene rings is 2. The lowest BCUT2D eigenvalue weighted by Gasteiger charge is -2.32. The van der Waals surface area contributed by atoms with Gasteiger partial charge in [0.2, 0.25) is 5.95 Å². The van der Waals surface area contributed by atoms with Crippen molar-refractivity contribution in [1.29, 1.82) is 0 Å². The lowest BCUT2D eigenvalue weighted by atomic mass is 9.93. The zero-order valence-electron chi connectivity index (χ0n) is 14.5. The quantitative estimate of drug-likeness (QED) is 0.779. The number of aryl methyl sites for hydroxylation is 1. The number of hydrogen-bond acceptors (Lipinski definition) is 4. The van der Waals surface area contributed by atoms with Gasteiger partial charge in [-0.2, -0.15) is 10.1 Å². The Morgan fingerprint density at radius 2 is 1.80 bits per heavy atom. The molecule has 1 aromatic heterocycles. The van der Waals surface area contributed by atoms with Crippen molar-refractivity contribution in [2.24, 2.45) is 0 Å². The molecule has 0 fully saturated rings. The van der Waals surface area contributed by atoms with Crippen molar-refractivity contribution in [3.63, 3.8) is 0 Å². The molecule has 5 heteroatoms. The number of rotatable bonds is 4. The van der Waals surface area contributed by atoms with Crippen LogP contribution in [0.25, 0.3) is 0 Å². The zero-order chi connectivity index (χ0) is 17.2. The number of anilines is 1. The van der Waals surface area contributed by atoms with Crippen molar-refractivity contribution in [2.75, 3.05) is 11.9 Å². The molecule has 128 valence electrons. The van der Waals surface area contributed by atoms with E-state index in [1.807, 2.05) is 23.7 Å². The van der Waals surface area contributed by atoms with Crippen LogP contribution < -0.4 is 10.1 Å². The fourth-order valence-corrected chi connectivity index (χ4v) is 3.37. The first-order chi connectivity index (χ1) is 12.2. The number of hydrogen-bond donors (Lipinski definition) is 1. The molecule has 0 amide bonds. The SMILES string of the molecule is CCOc1ccc(C2CC(c3ccc(C)cc3)n3ncnc3N2)cc1. The van der Waals surface area contributed by atoms with Crippen LogP contribution in [0.4, 0.5) is 5.95 Å². The monoisotopic (exact) mass is 334 g/mol. The van der Waals surface area contributed by atoms with Gasteiger partial charge >= 0.3 is 0 Å². The molecule has 2 unspecified atom stereocenters. The summed E-state index contributed by atoms with van der Waals surface area (Å²) in [5.74, 6) is 1.72. The summed E-state index contributed by atoms with van der Waals surface area (Å²) in [7, 11) is 0. The molecule has 1 N–H and O–H groups in total. The highest BCUT2D eigenvalue weighted by Gasteiger charge is 2.29. The van der Waals surface area contributed by atoms with E-state index in [9.17, 15) is 0 Å². The molecule has 4 rings (SSSR count). The van der Waals surface area contributed by atoms with Gasteiger partial charge < -0.3 is 10.1 Å². The van der Waals surface area contributed by atoms with Gasteiger partial charge in [0, 0.05) is 0 Å². The molecule has 2 atom stereocenters. The average molecular weight is 334 g/mol. The van der Waals surface area contributed by atoms with Gasteiger partial charge in [-0.05, 0) is 43.5 Å². The lowest BCUT2D eigenvalue weighted by Crippen LogP contribution is -2.28. The molecule has 0 aliphatic carbocycles. The van der Waals surface area contributed by atoms with E-state index in [2.05, 4.69) is 58.7 Å². The van der Waals surface area contributed by atoms with Crippen molar-refractivity contribution in [3.05, 3.63) is 71.5 Å². The number of nitrogens with one attached hydrogen (secondary N) is 1. The van der Waals surface area contributed by atoms with Crippen LogP contribution in [0.15, 0.2) is 54.9 Å². The molecule has 25 heavy (non-hydrogen) atoms. The molecule has 2 aromatic carbocycles. The Labute approximate surface area is 147 Å². The smallest absolute Gasteiger partial charge is 0.222 e. The largest absolute Gasteiger partial charge is 0.494 e. The predicted octanol–water partition coefficient (Wildman–Crippen LogP) is 4.13. The van der Waals surface area contributed by atoms with Gasteiger partial charge in [-0.25, -0.2) is 4.68 Å². The Bertz CT molecular complexity index is 839. The second kappa shape index (κ2) is 6.59. The van der Waals surface area contributed by atoms with Gasteiger partial charge in [0.1, 0.15) is 12.1 Å². The maximum atomic E-state index is 5.55. The van der Waals surface area contributed by atoms with E-state index in [4.69, 9.17) is 4.74 Å². The van der Waals surface area contributed by atoms with E-state index in [0.29, 0.717) is 6.61 Å². The second-order valence-electron chi connectivity index (χ2n) is 6.39. The molecule has 1 aliphatic heterocycles. The summed E-state index contributed by atoms with van der Waals surface area (Å²) in [6.07, 6.45) is 2.54. The predicted molar refractivity (Wildman–Crippen MR) is 97.9 cm³/mol. The first-order valence-corrected chi connectivity index (χ1v) is 8.70. The number of nitrogens with zero attached hydrogens (tertiary/aromatic N) is 3. The van der Waals surface area contributed by atoms with E-state index in [-0.39, 0.29) is 12.1 Å². The summed E-state index contributed by atoms with van der Waals surface area (Å²) in [5, 5.41) is 7.93. The van der Waals surface area contributed by atoms with Crippen molar-refractivity contribution in [2.45, 2.75) is 32.4 Å². The van der Waals surface area contributed by atoms with Gasteiger partial charge in [0.15, 0.2) is 0 Å². The molecule has 0 bridgehead atoms. The molecule has 1 aliphatic rings. The molecule has 0 radical (unpaired) electrons. The average Bonchev–Trinajstić information content (AvgIpc) is 3.11. The van der Waals surface area contributed by atoms with Gasteiger partial charge in [-0.1, -0.05) is 42.0 Å². The third-order valence-corrected chi connectivity index (χ3v) is 4.69. The van der Waals surface area contributed by atoms with Crippen LogP contribution in [0.1, 0.15) is 42.1 Å². The maximum Gasteiger partial charge on any atom is 0.222 e. The molecule has 0 saturated heterocycles. The van der Waals surface area contributed by atoms with Crippen LogP contribution in [-0.2, 0) is 0 Å². The van der Waals surface area contributed by atoms with Crippen molar-refractivity contribution >= 4 is 5.95 Å². The summed E-state index contributed by atoms with van der Waals surface area (Å²) in [5.41, 5.74) is 3.75. The molecule has 5 nitrogen and oxygen atoms in total. The first kappa shape index (κ1) is 15.7. The minimum absolute atomic E-state index is 0.177. The van der Waals surface area contributed by atoms with Gasteiger partial charge in [0.25, 0.3) is 0 Å². The van der Waals surface area contributed by atoms with Crippen LogP contribution in [0, 0.1) is 6.92 Å². The maximum absolute atomic E-state index is 5.55. The summed E-state index contributed by atoms with van der Waals surface area (Å²) in [6, 6.07) is 17.4. The Morgan fingerprint density at radius 1 is 1.08 bits per heavy atom. The Hall–Kier alpha value is -2.82. The Kier molecular flexibility index (Phi) is 4.14. The van der Waals surface area contributed by atoms with Gasteiger partial charge in [0.05, 0.1) is 18.7 Å². The lowest BCUT2D eigenvalue weighted by molar-refractivity contribution is 0.340. The number of ether oxygens (including phenoxy) is 1.